The maximum Gasteiger partial charge on any atom is 0.200 e. The van der Waals surface area contributed by atoms with Crippen molar-refractivity contribution in [3.8, 4) is 24.3 Å². The van der Waals surface area contributed by atoms with E-state index in [2.05, 4.69) is 24.3 Å². The second kappa shape index (κ2) is 4.25. The third-order valence-corrected chi connectivity index (χ3v) is 6.48. The summed E-state index contributed by atoms with van der Waals surface area (Å²) in [6, 6.07) is 8.74. The summed E-state index contributed by atoms with van der Waals surface area (Å²) in [4.78, 5) is 0. The lowest BCUT2D eigenvalue weighted by atomic mass is 9.42. The van der Waals surface area contributed by atoms with Gasteiger partial charge in [-0.25, -0.2) is 0 Å². The van der Waals surface area contributed by atoms with Crippen LogP contribution in [-0.4, -0.2) is 0 Å². The molecule has 4 rings (SSSR count). The monoisotopic (exact) mass is 300 g/mol. The summed E-state index contributed by atoms with van der Waals surface area (Å²) in [5.74, 6) is 0.593. The summed E-state index contributed by atoms with van der Waals surface area (Å²) in [6.45, 7) is 0. The maximum absolute atomic E-state index is 10.1. The van der Waals surface area contributed by atoms with Gasteiger partial charge < -0.3 is 0 Å². The van der Waals surface area contributed by atoms with Crippen LogP contribution in [0.15, 0.2) is 23.3 Å². The Morgan fingerprint density at radius 3 is 1.87 bits per heavy atom. The molecule has 4 heteroatoms. The fourth-order valence-corrected chi connectivity index (χ4v) is 5.29. The van der Waals surface area contributed by atoms with Crippen molar-refractivity contribution in [2.75, 3.05) is 0 Å². The van der Waals surface area contributed by atoms with Gasteiger partial charge in [0.25, 0.3) is 0 Å². The van der Waals surface area contributed by atoms with E-state index in [1.807, 2.05) is 6.08 Å². The van der Waals surface area contributed by atoms with Gasteiger partial charge in [0, 0.05) is 5.41 Å². The first-order valence-electron chi connectivity index (χ1n) is 8.20. The largest absolute Gasteiger partial charge is 0.200 e. The van der Waals surface area contributed by atoms with Crippen molar-refractivity contribution >= 4 is 0 Å². The highest BCUT2D eigenvalue weighted by Crippen LogP contribution is 2.75. The molecule has 4 aliphatic carbocycles. The summed E-state index contributed by atoms with van der Waals surface area (Å²) in [7, 11) is 0. The molecule has 2 fully saturated rings. The molecule has 0 aromatic heterocycles. The zero-order chi connectivity index (χ0) is 16.3. The van der Waals surface area contributed by atoms with E-state index in [1.54, 1.807) is 6.08 Å². The average Bonchev–Trinajstić information content (AvgIpc) is 3.50. The second-order valence-corrected chi connectivity index (χ2v) is 7.34. The maximum atomic E-state index is 10.1. The summed E-state index contributed by atoms with van der Waals surface area (Å²) < 4.78 is 0. The molecule has 0 bridgehead atoms. The van der Waals surface area contributed by atoms with E-state index in [4.69, 9.17) is 0 Å². The highest BCUT2D eigenvalue weighted by Gasteiger charge is 2.76. The van der Waals surface area contributed by atoms with E-state index in [1.165, 1.54) is 0 Å². The fraction of sp³-hybridized carbons (Fsp3) is 0.579. The van der Waals surface area contributed by atoms with Crippen molar-refractivity contribution in [2.24, 2.45) is 28.1 Å². The SMILES string of the molecule is N#CC1(C#N)C2=C(CC=C2)CC(C2CC2)(C2CC2)C1(C#N)C#N. The molecule has 0 spiro atoms. The molecule has 0 atom stereocenters. The van der Waals surface area contributed by atoms with Crippen LogP contribution in [0, 0.1) is 73.4 Å². The molecule has 0 unspecified atom stereocenters. The summed E-state index contributed by atoms with van der Waals surface area (Å²) >= 11 is 0. The Morgan fingerprint density at radius 1 is 0.870 bits per heavy atom. The number of allylic oxidation sites excluding steroid dienone is 4. The smallest absolute Gasteiger partial charge is 0.196 e. The molecule has 0 amide bonds. The van der Waals surface area contributed by atoms with E-state index < -0.39 is 16.2 Å². The number of rotatable bonds is 2. The molecule has 112 valence electrons. The van der Waals surface area contributed by atoms with E-state index in [0.29, 0.717) is 23.8 Å². The Balaban J connectivity index is 2.08. The van der Waals surface area contributed by atoms with E-state index >= 15 is 0 Å². The van der Waals surface area contributed by atoms with Gasteiger partial charge in [-0.3, -0.25) is 0 Å². The molecule has 4 nitrogen and oxygen atoms in total. The molecule has 0 N–H and O–H groups in total. The van der Waals surface area contributed by atoms with Crippen molar-refractivity contribution < 1.29 is 0 Å². The molecular weight excluding hydrogens is 284 g/mol. The minimum absolute atomic E-state index is 0.296. The van der Waals surface area contributed by atoms with Crippen LogP contribution in [0.4, 0.5) is 0 Å². The van der Waals surface area contributed by atoms with Crippen LogP contribution in [0.1, 0.15) is 38.5 Å². The lowest BCUT2D eigenvalue weighted by Gasteiger charge is -2.52. The Kier molecular flexibility index (Phi) is 2.60. The molecule has 0 heterocycles. The first kappa shape index (κ1) is 14.1. The molecule has 0 aromatic rings. The zero-order valence-corrected chi connectivity index (χ0v) is 12.8. The van der Waals surface area contributed by atoms with Gasteiger partial charge in [-0.05, 0) is 55.9 Å². The van der Waals surface area contributed by atoms with Gasteiger partial charge in [-0.1, -0.05) is 17.7 Å². The van der Waals surface area contributed by atoms with Crippen molar-refractivity contribution in [1.82, 2.24) is 0 Å². The summed E-state index contributed by atoms with van der Waals surface area (Å²) in [6.07, 6.45) is 9.23. The van der Waals surface area contributed by atoms with Crippen LogP contribution in [0.2, 0.25) is 0 Å². The van der Waals surface area contributed by atoms with Crippen molar-refractivity contribution in [3.63, 3.8) is 0 Å². The molecule has 0 saturated heterocycles. The number of hydrogen-bond donors (Lipinski definition) is 0. The van der Waals surface area contributed by atoms with E-state index in [0.717, 1.165) is 37.7 Å². The molecule has 23 heavy (non-hydrogen) atoms. The third-order valence-electron chi connectivity index (χ3n) is 6.48. The van der Waals surface area contributed by atoms with Crippen molar-refractivity contribution in [2.45, 2.75) is 38.5 Å². The van der Waals surface area contributed by atoms with Crippen molar-refractivity contribution in [3.05, 3.63) is 23.3 Å². The van der Waals surface area contributed by atoms with Crippen LogP contribution in [0.25, 0.3) is 0 Å². The molecule has 4 aliphatic rings. The van der Waals surface area contributed by atoms with Crippen molar-refractivity contribution in [1.29, 1.82) is 21.0 Å². The first-order valence-corrected chi connectivity index (χ1v) is 8.20. The Morgan fingerprint density at radius 2 is 1.43 bits per heavy atom. The molecule has 0 aromatic carbocycles. The Bertz CT molecular complexity index is 769. The van der Waals surface area contributed by atoms with E-state index in [9.17, 15) is 21.0 Å². The second-order valence-electron chi connectivity index (χ2n) is 7.34. The molecular formula is C19H16N4. The topological polar surface area (TPSA) is 95.2 Å². The van der Waals surface area contributed by atoms with Gasteiger partial charge >= 0.3 is 0 Å². The predicted molar refractivity (Wildman–Crippen MR) is 80.6 cm³/mol. The molecule has 0 radical (unpaired) electrons. The number of nitriles is 4. The van der Waals surface area contributed by atoms with Gasteiger partial charge in [-0.15, -0.1) is 0 Å². The highest BCUT2D eigenvalue weighted by molar-refractivity contribution is 5.59. The molecule has 0 aliphatic heterocycles. The minimum atomic E-state index is -1.66. The van der Waals surface area contributed by atoms with E-state index in [-0.39, 0.29) is 0 Å². The van der Waals surface area contributed by atoms with Crippen LogP contribution < -0.4 is 0 Å². The van der Waals surface area contributed by atoms with Gasteiger partial charge in [0.05, 0.1) is 24.3 Å². The van der Waals surface area contributed by atoms with Gasteiger partial charge in [0.1, 0.15) is 0 Å². The van der Waals surface area contributed by atoms with Crippen LogP contribution in [0.5, 0.6) is 0 Å². The fourth-order valence-electron chi connectivity index (χ4n) is 5.29. The standard InChI is InChI=1S/C19H16N4/c20-9-17(10-21)16-3-1-2-13(16)8-19(14-4-5-14,15-6-7-15)18(17,11-22)12-23/h1,3,14-15H,2,4-8H2. The highest BCUT2D eigenvalue weighted by atomic mass is 14.8. The number of nitrogens with zero attached hydrogens (tertiary/aromatic N) is 4. The predicted octanol–water partition coefficient (Wildman–Crippen LogP) is 3.52. The normalized spacial score (nSPS) is 28.9. The van der Waals surface area contributed by atoms with Crippen LogP contribution in [-0.2, 0) is 0 Å². The Hall–Kier alpha value is -2.56. The average molecular weight is 300 g/mol. The molecule has 2 saturated carbocycles. The lowest BCUT2D eigenvalue weighted by Crippen LogP contribution is -2.57. The summed E-state index contributed by atoms with van der Waals surface area (Å²) in [5, 5.41) is 40.2. The minimum Gasteiger partial charge on any atom is -0.196 e. The zero-order valence-electron chi connectivity index (χ0n) is 12.8. The summed E-state index contributed by atoms with van der Waals surface area (Å²) in [5.41, 5.74) is -2.02. The third kappa shape index (κ3) is 1.34. The lowest BCUT2D eigenvalue weighted by molar-refractivity contribution is 0.0210. The van der Waals surface area contributed by atoms with Gasteiger partial charge in [0.15, 0.2) is 5.41 Å². The van der Waals surface area contributed by atoms with Crippen LogP contribution >= 0.6 is 0 Å². The first-order chi connectivity index (χ1) is 11.2. The number of hydrogen-bond acceptors (Lipinski definition) is 4. The van der Waals surface area contributed by atoms with Gasteiger partial charge in [-0.2, -0.15) is 21.0 Å². The quantitative estimate of drug-likeness (QED) is 0.779. The Labute approximate surface area is 135 Å². The van der Waals surface area contributed by atoms with Crippen LogP contribution in [0.3, 0.4) is 0 Å². The van der Waals surface area contributed by atoms with Gasteiger partial charge in [0.2, 0.25) is 5.41 Å².